The van der Waals surface area contributed by atoms with Gasteiger partial charge in [0.15, 0.2) is 0 Å². The van der Waals surface area contributed by atoms with Crippen LogP contribution in [0.3, 0.4) is 0 Å². The molecule has 0 saturated heterocycles. The second-order valence-electron chi connectivity index (χ2n) is 9.23. The summed E-state index contributed by atoms with van der Waals surface area (Å²) >= 11 is 0. The van der Waals surface area contributed by atoms with E-state index in [1.807, 2.05) is 12.3 Å². The normalized spacial score (nSPS) is 20.4. The third-order valence-corrected chi connectivity index (χ3v) is 7.07. The van der Waals surface area contributed by atoms with Gasteiger partial charge in [-0.05, 0) is 67.1 Å². The summed E-state index contributed by atoms with van der Waals surface area (Å²) in [6, 6.07) is 19.3. The van der Waals surface area contributed by atoms with Gasteiger partial charge in [-0.2, -0.15) is 10.2 Å². The van der Waals surface area contributed by atoms with Crippen LogP contribution in [0.1, 0.15) is 81.9 Å². The Bertz CT molecular complexity index is 855. The van der Waals surface area contributed by atoms with Crippen molar-refractivity contribution in [2.24, 2.45) is 28.0 Å². The van der Waals surface area contributed by atoms with E-state index < -0.39 is 0 Å². The van der Waals surface area contributed by atoms with Gasteiger partial charge in [0, 0.05) is 5.92 Å². The van der Waals surface area contributed by atoms with Crippen LogP contribution >= 0.6 is 0 Å². The predicted molar refractivity (Wildman–Crippen MR) is 140 cm³/mol. The average Bonchev–Trinajstić information content (AvgIpc) is 2.85. The van der Waals surface area contributed by atoms with Crippen molar-refractivity contribution in [3.8, 4) is 0 Å². The zero-order valence-electron chi connectivity index (χ0n) is 20.0. The van der Waals surface area contributed by atoms with E-state index in [0.717, 1.165) is 36.0 Å². The maximum absolute atomic E-state index is 4.78. The first kappa shape index (κ1) is 24.2. The van der Waals surface area contributed by atoms with Gasteiger partial charge in [-0.15, -0.1) is 6.58 Å². The first-order chi connectivity index (χ1) is 15.7. The van der Waals surface area contributed by atoms with Crippen LogP contribution in [0.4, 0.5) is 0 Å². The topological polar surface area (TPSA) is 24.7 Å². The smallest absolute Gasteiger partial charge is 0.0733 e. The zero-order valence-corrected chi connectivity index (χ0v) is 20.0. The molecule has 2 aromatic rings. The Balaban J connectivity index is 1.71. The molecule has 3 rings (SSSR count). The molecule has 1 saturated carbocycles. The second-order valence-corrected chi connectivity index (χ2v) is 9.23. The number of aryl methyl sites for hydroxylation is 1. The molecule has 1 aliphatic rings. The Morgan fingerprint density at radius 2 is 1.72 bits per heavy atom. The SMILES string of the molecule is C=CCCc1ccc(C=NN=C(c2ccccc2)C2CCC(C(CC)CCC)CC2)cc1. The molecule has 0 heterocycles. The van der Waals surface area contributed by atoms with Crippen LogP contribution in [-0.4, -0.2) is 11.9 Å². The number of allylic oxidation sites excluding steroid dienone is 1. The maximum Gasteiger partial charge on any atom is 0.0733 e. The molecule has 0 aliphatic heterocycles. The van der Waals surface area contributed by atoms with E-state index in [1.54, 1.807) is 0 Å². The van der Waals surface area contributed by atoms with Crippen molar-refractivity contribution in [1.82, 2.24) is 0 Å². The summed E-state index contributed by atoms with van der Waals surface area (Å²) in [4.78, 5) is 0. The summed E-state index contributed by atoms with van der Waals surface area (Å²) < 4.78 is 0. The van der Waals surface area contributed by atoms with Crippen molar-refractivity contribution in [1.29, 1.82) is 0 Å². The van der Waals surface area contributed by atoms with E-state index in [0.29, 0.717) is 5.92 Å². The lowest BCUT2D eigenvalue weighted by atomic mass is 9.72. The number of benzene rings is 2. The summed E-state index contributed by atoms with van der Waals surface area (Å²) in [5.41, 5.74) is 4.80. The van der Waals surface area contributed by atoms with E-state index in [-0.39, 0.29) is 0 Å². The van der Waals surface area contributed by atoms with Crippen LogP contribution in [0, 0.1) is 17.8 Å². The number of hydrogen-bond donors (Lipinski definition) is 0. The highest BCUT2D eigenvalue weighted by Gasteiger charge is 2.29. The van der Waals surface area contributed by atoms with E-state index in [1.165, 1.54) is 56.1 Å². The molecule has 0 radical (unpaired) electrons. The van der Waals surface area contributed by atoms with Gasteiger partial charge in [-0.1, -0.05) is 93.8 Å². The average molecular weight is 429 g/mol. The van der Waals surface area contributed by atoms with Gasteiger partial charge in [-0.3, -0.25) is 0 Å². The predicted octanol–water partition coefficient (Wildman–Crippen LogP) is 8.26. The van der Waals surface area contributed by atoms with Gasteiger partial charge in [0.2, 0.25) is 0 Å². The molecule has 32 heavy (non-hydrogen) atoms. The van der Waals surface area contributed by atoms with Crippen LogP contribution in [0.5, 0.6) is 0 Å². The summed E-state index contributed by atoms with van der Waals surface area (Å²) in [6.45, 7) is 8.49. The van der Waals surface area contributed by atoms with Crippen molar-refractivity contribution in [3.63, 3.8) is 0 Å². The minimum absolute atomic E-state index is 0.506. The Morgan fingerprint density at radius 3 is 2.34 bits per heavy atom. The minimum Gasteiger partial charge on any atom is -0.158 e. The van der Waals surface area contributed by atoms with Crippen molar-refractivity contribution in [3.05, 3.63) is 83.9 Å². The molecule has 0 amide bonds. The van der Waals surface area contributed by atoms with Gasteiger partial charge < -0.3 is 0 Å². The highest BCUT2D eigenvalue weighted by atomic mass is 15.2. The van der Waals surface area contributed by atoms with Crippen molar-refractivity contribution >= 4 is 11.9 Å². The molecule has 1 fully saturated rings. The third-order valence-electron chi connectivity index (χ3n) is 7.07. The van der Waals surface area contributed by atoms with Crippen LogP contribution in [-0.2, 0) is 6.42 Å². The molecule has 0 aromatic heterocycles. The molecule has 1 aliphatic carbocycles. The van der Waals surface area contributed by atoms with Crippen LogP contribution in [0.2, 0.25) is 0 Å². The quantitative estimate of drug-likeness (QED) is 0.195. The fourth-order valence-electron chi connectivity index (χ4n) is 5.19. The Hall–Kier alpha value is -2.48. The molecule has 1 atom stereocenters. The first-order valence-electron chi connectivity index (χ1n) is 12.6. The van der Waals surface area contributed by atoms with Gasteiger partial charge >= 0.3 is 0 Å². The Morgan fingerprint density at radius 1 is 1.00 bits per heavy atom. The van der Waals surface area contributed by atoms with Gasteiger partial charge in [0.1, 0.15) is 0 Å². The van der Waals surface area contributed by atoms with E-state index in [4.69, 9.17) is 5.10 Å². The van der Waals surface area contributed by atoms with Crippen molar-refractivity contribution in [2.45, 2.75) is 71.6 Å². The Labute approximate surface area is 195 Å². The number of rotatable bonds is 11. The van der Waals surface area contributed by atoms with Crippen LogP contribution in [0.15, 0.2) is 77.5 Å². The molecule has 170 valence electrons. The molecule has 2 aromatic carbocycles. The summed E-state index contributed by atoms with van der Waals surface area (Å²) in [5, 5.41) is 9.32. The van der Waals surface area contributed by atoms with Crippen LogP contribution in [0.25, 0.3) is 0 Å². The first-order valence-corrected chi connectivity index (χ1v) is 12.6. The van der Waals surface area contributed by atoms with Gasteiger partial charge in [-0.25, -0.2) is 0 Å². The van der Waals surface area contributed by atoms with Crippen molar-refractivity contribution < 1.29 is 0 Å². The number of hydrogen-bond acceptors (Lipinski definition) is 2. The molecule has 0 spiro atoms. The molecule has 2 heteroatoms. The second kappa shape index (κ2) is 13.2. The Kier molecular flexibility index (Phi) is 9.94. The molecule has 2 nitrogen and oxygen atoms in total. The summed E-state index contributed by atoms with van der Waals surface area (Å²) in [7, 11) is 0. The summed E-state index contributed by atoms with van der Waals surface area (Å²) in [5.74, 6) is 2.29. The fraction of sp³-hybridized carbons (Fsp3) is 0.467. The summed E-state index contributed by atoms with van der Waals surface area (Å²) in [6.07, 6.45) is 15.0. The molecular formula is C30H40N2. The molecular weight excluding hydrogens is 388 g/mol. The third kappa shape index (κ3) is 7.02. The fourth-order valence-corrected chi connectivity index (χ4v) is 5.19. The van der Waals surface area contributed by atoms with Gasteiger partial charge in [0.05, 0.1) is 11.9 Å². The minimum atomic E-state index is 0.506. The lowest BCUT2D eigenvalue weighted by Crippen LogP contribution is -2.26. The zero-order chi connectivity index (χ0) is 22.6. The van der Waals surface area contributed by atoms with E-state index >= 15 is 0 Å². The molecule has 0 N–H and O–H groups in total. The highest BCUT2D eigenvalue weighted by molar-refractivity contribution is 6.02. The molecule has 0 bridgehead atoms. The maximum atomic E-state index is 4.78. The lowest BCUT2D eigenvalue weighted by molar-refractivity contribution is 0.212. The van der Waals surface area contributed by atoms with E-state index in [2.05, 4.69) is 80.1 Å². The van der Waals surface area contributed by atoms with Gasteiger partial charge in [0.25, 0.3) is 0 Å². The van der Waals surface area contributed by atoms with E-state index in [9.17, 15) is 0 Å². The number of nitrogens with zero attached hydrogens (tertiary/aromatic N) is 2. The monoisotopic (exact) mass is 428 g/mol. The van der Waals surface area contributed by atoms with Crippen molar-refractivity contribution in [2.75, 3.05) is 0 Å². The highest BCUT2D eigenvalue weighted by Crippen LogP contribution is 2.38. The standard InChI is InChI=1S/C30H40N2/c1-4-7-12-24-15-17-25(18-16-24)23-31-32-30(28-13-9-8-10-14-28)29-21-19-27(20-22-29)26(6-3)11-5-2/h4,8-10,13-18,23,26-27,29H,1,5-7,11-12,19-22H2,2-3H3. The molecule has 1 unspecified atom stereocenters. The van der Waals surface area contributed by atoms with Crippen LogP contribution < -0.4 is 0 Å². The lowest BCUT2D eigenvalue weighted by Gasteiger charge is -2.34. The largest absolute Gasteiger partial charge is 0.158 e.